The van der Waals surface area contributed by atoms with Crippen LogP contribution in [0, 0.1) is 5.82 Å². The molecule has 2 aromatic heterocycles. The summed E-state index contributed by atoms with van der Waals surface area (Å²) in [6.45, 7) is 2.61. The molecule has 0 atom stereocenters. The highest BCUT2D eigenvalue weighted by Crippen LogP contribution is 2.36. The number of fused-ring (bicyclic) bond motifs is 1. The number of hydrogen-bond acceptors (Lipinski definition) is 6. The minimum atomic E-state index is -3.75. The molecular formula is C26H24FN3O4S2. The Bertz CT molecular complexity index is 1550. The maximum Gasteiger partial charge on any atom is 0.254 e. The molecule has 0 unspecified atom stereocenters. The highest BCUT2D eigenvalue weighted by molar-refractivity contribution is 7.90. The van der Waals surface area contributed by atoms with Crippen LogP contribution >= 0.6 is 11.3 Å². The predicted octanol–water partition coefficient (Wildman–Crippen LogP) is 4.95. The van der Waals surface area contributed by atoms with Gasteiger partial charge in [-0.1, -0.05) is 6.92 Å². The van der Waals surface area contributed by atoms with E-state index < -0.39 is 20.5 Å². The number of nitrogens with one attached hydrogen (secondary N) is 1. The molecule has 0 fully saturated rings. The molecule has 0 bridgehead atoms. The fourth-order valence-corrected chi connectivity index (χ4v) is 6.07. The lowest BCUT2D eigenvalue weighted by molar-refractivity contribution is 0.0731. The summed E-state index contributed by atoms with van der Waals surface area (Å²) >= 11 is 1.61. The maximum atomic E-state index is 15.0. The van der Waals surface area contributed by atoms with Gasteiger partial charge in [0.2, 0.25) is 0 Å². The summed E-state index contributed by atoms with van der Waals surface area (Å²) in [7, 11) is -3.75. The van der Waals surface area contributed by atoms with Gasteiger partial charge in [-0.2, -0.15) is 0 Å². The molecule has 186 valence electrons. The van der Waals surface area contributed by atoms with Gasteiger partial charge >= 0.3 is 0 Å². The van der Waals surface area contributed by atoms with E-state index in [0.717, 1.165) is 33.0 Å². The lowest BCUT2D eigenvalue weighted by atomic mass is 10.0. The molecule has 0 spiro atoms. The van der Waals surface area contributed by atoms with Crippen molar-refractivity contribution in [3.63, 3.8) is 0 Å². The Morgan fingerprint density at radius 2 is 2.00 bits per heavy atom. The zero-order chi connectivity index (χ0) is 25.4. The molecule has 1 amide bonds. The van der Waals surface area contributed by atoms with Gasteiger partial charge in [-0.25, -0.2) is 17.8 Å². The number of thiophene rings is 1. The van der Waals surface area contributed by atoms with Crippen LogP contribution in [-0.4, -0.2) is 48.6 Å². The van der Waals surface area contributed by atoms with Gasteiger partial charge in [0.1, 0.15) is 28.9 Å². The van der Waals surface area contributed by atoms with Crippen molar-refractivity contribution >= 4 is 27.1 Å². The lowest BCUT2D eigenvalue weighted by Gasteiger charge is -2.22. The second kappa shape index (κ2) is 9.51. The number of aromatic amines is 1. The number of hydrogen-bond donors (Lipinski definition) is 1. The highest BCUT2D eigenvalue weighted by atomic mass is 32.2. The largest absolute Gasteiger partial charge is 0.491 e. The Kier molecular flexibility index (Phi) is 6.40. The van der Waals surface area contributed by atoms with Gasteiger partial charge in [0.15, 0.2) is 9.84 Å². The number of amides is 1. The Hall–Kier alpha value is -3.50. The first kappa shape index (κ1) is 24.2. The molecule has 2 aromatic carbocycles. The Balaban J connectivity index is 1.45. The van der Waals surface area contributed by atoms with Crippen molar-refractivity contribution in [1.29, 1.82) is 0 Å². The van der Waals surface area contributed by atoms with Crippen molar-refractivity contribution in [2.45, 2.75) is 24.8 Å². The third-order valence-electron chi connectivity index (χ3n) is 6.14. The van der Waals surface area contributed by atoms with Crippen LogP contribution in [0.3, 0.4) is 0 Å². The van der Waals surface area contributed by atoms with E-state index >= 15 is 4.39 Å². The molecule has 5 rings (SSSR count). The van der Waals surface area contributed by atoms with Crippen LogP contribution < -0.4 is 4.74 Å². The van der Waals surface area contributed by atoms with Crippen LogP contribution in [0.2, 0.25) is 0 Å². The number of H-pyrrole nitrogens is 1. The molecular weight excluding hydrogens is 501 g/mol. The van der Waals surface area contributed by atoms with E-state index in [2.05, 4.69) is 9.97 Å². The van der Waals surface area contributed by atoms with Crippen molar-refractivity contribution < 1.29 is 22.3 Å². The number of sulfone groups is 1. The van der Waals surface area contributed by atoms with E-state index in [4.69, 9.17) is 4.74 Å². The lowest BCUT2D eigenvalue weighted by Crippen LogP contribution is -2.33. The van der Waals surface area contributed by atoms with Crippen LogP contribution in [0.15, 0.2) is 59.8 Å². The second-order valence-electron chi connectivity index (χ2n) is 8.53. The smallest absolute Gasteiger partial charge is 0.254 e. The number of imidazole rings is 1. The quantitative estimate of drug-likeness (QED) is 0.398. The predicted molar refractivity (Wildman–Crippen MR) is 136 cm³/mol. The number of halogens is 1. The third kappa shape index (κ3) is 4.54. The Morgan fingerprint density at radius 1 is 1.19 bits per heavy atom. The maximum absolute atomic E-state index is 15.0. The van der Waals surface area contributed by atoms with E-state index in [1.54, 1.807) is 35.6 Å². The van der Waals surface area contributed by atoms with Crippen LogP contribution in [0.4, 0.5) is 4.39 Å². The second-order valence-corrected chi connectivity index (χ2v) is 11.6. The number of aromatic nitrogens is 2. The van der Waals surface area contributed by atoms with Gasteiger partial charge in [0.25, 0.3) is 5.91 Å². The zero-order valence-corrected chi connectivity index (χ0v) is 21.4. The Morgan fingerprint density at radius 3 is 2.72 bits per heavy atom. The summed E-state index contributed by atoms with van der Waals surface area (Å²) in [5.74, 6) is 0.293. The molecule has 1 aliphatic rings. The van der Waals surface area contributed by atoms with Crippen molar-refractivity contribution in [3.8, 4) is 26.9 Å². The van der Waals surface area contributed by atoms with Crippen LogP contribution in [0.1, 0.15) is 28.4 Å². The van der Waals surface area contributed by atoms with Crippen molar-refractivity contribution in [2.75, 3.05) is 19.4 Å². The van der Waals surface area contributed by atoms with Crippen LogP contribution in [0.5, 0.6) is 5.75 Å². The fourth-order valence-electron chi connectivity index (χ4n) is 4.34. The van der Waals surface area contributed by atoms with Crippen molar-refractivity contribution in [1.82, 2.24) is 14.9 Å². The minimum Gasteiger partial charge on any atom is -0.491 e. The van der Waals surface area contributed by atoms with E-state index in [0.29, 0.717) is 18.9 Å². The average molecular weight is 526 g/mol. The fraction of sp³-hybridized carbons (Fsp3) is 0.231. The zero-order valence-electron chi connectivity index (χ0n) is 19.7. The number of carbonyl (C=O) groups excluding carboxylic acids is 1. The summed E-state index contributed by atoms with van der Waals surface area (Å²) < 4.78 is 44.8. The first-order valence-electron chi connectivity index (χ1n) is 11.4. The van der Waals surface area contributed by atoms with E-state index in [1.807, 2.05) is 30.3 Å². The molecule has 0 radical (unpaired) electrons. The first-order chi connectivity index (χ1) is 17.3. The SMILES string of the molecule is CCc1c(C(=O)N2CCOc3ccc(-c4ccc(-c5ncc[nH]5)s4)cc3C2)ccc(S(C)(=O)=O)c1F. The third-order valence-corrected chi connectivity index (χ3v) is 8.40. The molecule has 1 aliphatic heterocycles. The van der Waals surface area contributed by atoms with E-state index in [1.165, 1.54) is 12.1 Å². The monoisotopic (exact) mass is 525 g/mol. The van der Waals surface area contributed by atoms with Gasteiger partial charge in [0.05, 0.1) is 11.4 Å². The molecule has 0 saturated carbocycles. The van der Waals surface area contributed by atoms with E-state index in [-0.39, 0.29) is 30.0 Å². The summed E-state index contributed by atoms with van der Waals surface area (Å²) in [5, 5.41) is 0. The van der Waals surface area contributed by atoms with E-state index in [9.17, 15) is 13.2 Å². The number of carbonyl (C=O) groups is 1. The first-order valence-corrected chi connectivity index (χ1v) is 14.1. The minimum absolute atomic E-state index is 0.103. The Labute approximate surface area is 212 Å². The average Bonchev–Trinajstić information content (AvgIpc) is 3.51. The van der Waals surface area contributed by atoms with Crippen LogP contribution in [0.25, 0.3) is 21.1 Å². The normalized spacial score (nSPS) is 13.7. The summed E-state index contributed by atoms with van der Waals surface area (Å²) in [6, 6.07) is 12.5. The number of ether oxygens (including phenoxy) is 1. The molecule has 36 heavy (non-hydrogen) atoms. The number of nitrogens with zero attached hydrogens (tertiary/aromatic N) is 2. The van der Waals surface area contributed by atoms with Crippen molar-refractivity contribution in [3.05, 3.63) is 77.4 Å². The number of benzene rings is 2. The molecule has 10 heteroatoms. The van der Waals surface area contributed by atoms with Gasteiger partial charge in [-0.15, -0.1) is 11.3 Å². The summed E-state index contributed by atoms with van der Waals surface area (Å²) in [4.78, 5) is 24.2. The van der Waals surface area contributed by atoms with Crippen molar-refractivity contribution in [2.24, 2.45) is 0 Å². The van der Waals surface area contributed by atoms with Gasteiger partial charge < -0.3 is 14.6 Å². The molecule has 3 heterocycles. The van der Waals surface area contributed by atoms with Gasteiger partial charge in [0, 0.05) is 46.8 Å². The highest BCUT2D eigenvalue weighted by Gasteiger charge is 2.27. The number of rotatable bonds is 5. The van der Waals surface area contributed by atoms with Gasteiger partial charge in [-0.3, -0.25) is 4.79 Å². The molecule has 0 saturated heterocycles. The summed E-state index contributed by atoms with van der Waals surface area (Å²) in [6.07, 6.45) is 4.64. The van der Waals surface area contributed by atoms with Crippen LogP contribution in [-0.2, 0) is 22.8 Å². The summed E-state index contributed by atoms with van der Waals surface area (Å²) in [5.41, 5.74) is 2.11. The topological polar surface area (TPSA) is 92.4 Å². The standard InChI is InChI=1S/C26H24FN3O4S2/c1-3-18-19(5-9-23(24(18)27)36(2,32)33)26(31)30-12-13-34-20-6-4-16(14-17(20)15-30)21-7-8-22(35-21)25-28-10-11-29-25/h4-11,14H,3,12-13,15H2,1-2H3,(H,28,29). The molecule has 4 aromatic rings. The molecule has 1 N–H and O–H groups in total. The molecule has 0 aliphatic carbocycles. The van der Waals surface area contributed by atoms with Gasteiger partial charge in [-0.05, 0) is 54.4 Å². The molecule has 7 nitrogen and oxygen atoms in total.